The third kappa shape index (κ3) is 2.15. The number of fused-ring (bicyclic) bond motifs is 1. The fourth-order valence-corrected chi connectivity index (χ4v) is 3.08. The SMILES string of the molecule is CC1=CC2N=C(c3ccccc3)N(c3cccnc3)C2C=C1. The van der Waals surface area contributed by atoms with Gasteiger partial charge >= 0.3 is 0 Å². The summed E-state index contributed by atoms with van der Waals surface area (Å²) in [6.07, 6.45) is 10.4. The van der Waals surface area contributed by atoms with E-state index in [0.717, 1.165) is 17.1 Å². The highest BCUT2D eigenvalue weighted by Crippen LogP contribution is 2.31. The second-order valence-electron chi connectivity index (χ2n) is 5.65. The molecule has 0 amide bonds. The largest absolute Gasteiger partial charge is 0.315 e. The van der Waals surface area contributed by atoms with Gasteiger partial charge in [0.2, 0.25) is 0 Å². The highest BCUT2D eigenvalue weighted by molar-refractivity contribution is 6.12. The molecule has 0 N–H and O–H groups in total. The number of aromatic nitrogens is 1. The molecule has 2 heterocycles. The zero-order chi connectivity index (χ0) is 14.9. The molecule has 1 aliphatic heterocycles. The number of nitrogens with zero attached hydrogens (tertiary/aromatic N) is 3. The number of amidine groups is 1. The lowest BCUT2D eigenvalue weighted by Gasteiger charge is -2.29. The molecule has 2 unspecified atom stereocenters. The van der Waals surface area contributed by atoms with Crippen LogP contribution in [0.4, 0.5) is 5.69 Å². The molecule has 108 valence electrons. The molecule has 2 aromatic rings. The molecule has 0 radical (unpaired) electrons. The van der Waals surface area contributed by atoms with Gasteiger partial charge in [0.1, 0.15) is 5.84 Å². The van der Waals surface area contributed by atoms with Gasteiger partial charge in [-0.25, -0.2) is 0 Å². The molecule has 2 aliphatic rings. The Morgan fingerprint density at radius 3 is 2.68 bits per heavy atom. The molecule has 0 saturated carbocycles. The van der Waals surface area contributed by atoms with Crippen LogP contribution in [0.2, 0.25) is 0 Å². The molecule has 0 fully saturated rings. The van der Waals surface area contributed by atoms with E-state index in [2.05, 4.69) is 65.4 Å². The number of allylic oxidation sites excluding steroid dienone is 2. The third-order valence-electron chi connectivity index (χ3n) is 4.09. The molecule has 3 heteroatoms. The zero-order valence-corrected chi connectivity index (χ0v) is 12.4. The van der Waals surface area contributed by atoms with Crippen LogP contribution in [0.5, 0.6) is 0 Å². The molecule has 1 aromatic heterocycles. The van der Waals surface area contributed by atoms with Crippen molar-refractivity contribution in [1.29, 1.82) is 0 Å². The van der Waals surface area contributed by atoms with Gasteiger partial charge in [0.05, 0.1) is 24.0 Å². The summed E-state index contributed by atoms with van der Waals surface area (Å²) in [5, 5.41) is 0. The van der Waals surface area contributed by atoms with Gasteiger partial charge < -0.3 is 4.90 Å². The molecule has 3 nitrogen and oxygen atoms in total. The van der Waals surface area contributed by atoms with Gasteiger partial charge in [-0.3, -0.25) is 9.98 Å². The van der Waals surface area contributed by atoms with Crippen molar-refractivity contribution < 1.29 is 0 Å². The van der Waals surface area contributed by atoms with Crippen LogP contribution in [0, 0.1) is 0 Å². The molecule has 2 atom stereocenters. The lowest BCUT2D eigenvalue weighted by atomic mass is 9.99. The number of pyridine rings is 1. The van der Waals surface area contributed by atoms with Crippen molar-refractivity contribution in [3.8, 4) is 0 Å². The summed E-state index contributed by atoms with van der Waals surface area (Å²) >= 11 is 0. The quantitative estimate of drug-likeness (QED) is 0.844. The van der Waals surface area contributed by atoms with Crippen molar-refractivity contribution in [3.05, 3.63) is 84.2 Å². The highest BCUT2D eigenvalue weighted by Gasteiger charge is 2.36. The van der Waals surface area contributed by atoms with Crippen molar-refractivity contribution in [1.82, 2.24) is 4.98 Å². The minimum absolute atomic E-state index is 0.167. The van der Waals surface area contributed by atoms with E-state index in [1.54, 1.807) is 6.20 Å². The highest BCUT2D eigenvalue weighted by atomic mass is 15.3. The summed E-state index contributed by atoms with van der Waals surface area (Å²) in [4.78, 5) is 11.5. The van der Waals surface area contributed by atoms with Crippen LogP contribution in [0.25, 0.3) is 0 Å². The Hall–Kier alpha value is -2.68. The van der Waals surface area contributed by atoms with E-state index in [1.807, 2.05) is 18.3 Å². The maximum atomic E-state index is 4.98. The van der Waals surface area contributed by atoms with E-state index in [0.29, 0.717) is 0 Å². The first-order chi connectivity index (χ1) is 10.8. The molecule has 0 bridgehead atoms. The number of anilines is 1. The molecule has 22 heavy (non-hydrogen) atoms. The Kier molecular flexibility index (Phi) is 3.11. The van der Waals surface area contributed by atoms with Crippen LogP contribution >= 0.6 is 0 Å². The lowest BCUT2D eigenvalue weighted by Crippen LogP contribution is -2.39. The molecule has 0 saturated heterocycles. The fourth-order valence-electron chi connectivity index (χ4n) is 3.08. The van der Waals surface area contributed by atoms with E-state index in [9.17, 15) is 0 Å². The molecule has 4 rings (SSSR count). The van der Waals surface area contributed by atoms with Crippen LogP contribution in [0.15, 0.2) is 83.7 Å². The molecule has 1 aliphatic carbocycles. The Bertz CT molecular complexity index is 760. The monoisotopic (exact) mass is 287 g/mol. The van der Waals surface area contributed by atoms with Crippen LogP contribution in [-0.2, 0) is 0 Å². The Labute approximate surface area is 130 Å². The van der Waals surface area contributed by atoms with Gasteiger partial charge in [-0.15, -0.1) is 0 Å². The topological polar surface area (TPSA) is 28.5 Å². The maximum absolute atomic E-state index is 4.98. The molecular formula is C19H17N3. The van der Waals surface area contributed by atoms with Crippen LogP contribution in [-0.4, -0.2) is 22.9 Å². The first-order valence-corrected chi connectivity index (χ1v) is 7.52. The van der Waals surface area contributed by atoms with E-state index in [4.69, 9.17) is 4.99 Å². The number of rotatable bonds is 2. The van der Waals surface area contributed by atoms with Crippen molar-refractivity contribution in [2.75, 3.05) is 4.90 Å². The first kappa shape index (κ1) is 13.0. The van der Waals surface area contributed by atoms with Crippen molar-refractivity contribution >= 4 is 11.5 Å². The Morgan fingerprint density at radius 1 is 1.05 bits per heavy atom. The average molecular weight is 287 g/mol. The van der Waals surface area contributed by atoms with E-state index < -0.39 is 0 Å². The normalized spacial score (nSPS) is 23.0. The number of aliphatic imine (C=N–C) groups is 1. The van der Waals surface area contributed by atoms with Crippen molar-refractivity contribution in [2.24, 2.45) is 4.99 Å². The lowest BCUT2D eigenvalue weighted by molar-refractivity contribution is 0.732. The molecule has 1 aromatic carbocycles. The second kappa shape index (κ2) is 5.26. The summed E-state index contributed by atoms with van der Waals surface area (Å²) < 4.78 is 0. The van der Waals surface area contributed by atoms with Crippen molar-refractivity contribution in [2.45, 2.75) is 19.0 Å². The fraction of sp³-hybridized carbons (Fsp3) is 0.158. The van der Waals surface area contributed by atoms with Gasteiger partial charge in [-0.05, 0) is 19.1 Å². The van der Waals surface area contributed by atoms with E-state index in [-0.39, 0.29) is 12.1 Å². The number of hydrogen-bond acceptors (Lipinski definition) is 3. The van der Waals surface area contributed by atoms with Crippen LogP contribution < -0.4 is 4.90 Å². The van der Waals surface area contributed by atoms with Gasteiger partial charge in [0.15, 0.2) is 0 Å². The van der Waals surface area contributed by atoms with Gasteiger partial charge in [-0.2, -0.15) is 0 Å². The minimum Gasteiger partial charge on any atom is -0.315 e. The molecule has 0 spiro atoms. The summed E-state index contributed by atoms with van der Waals surface area (Å²) in [6.45, 7) is 2.12. The predicted molar refractivity (Wildman–Crippen MR) is 90.2 cm³/mol. The maximum Gasteiger partial charge on any atom is 0.136 e. The van der Waals surface area contributed by atoms with Gasteiger partial charge in [0.25, 0.3) is 0 Å². The van der Waals surface area contributed by atoms with Crippen LogP contribution in [0.3, 0.4) is 0 Å². The number of benzene rings is 1. The number of hydrogen-bond donors (Lipinski definition) is 0. The summed E-state index contributed by atoms with van der Waals surface area (Å²) in [6, 6.07) is 14.8. The molecular weight excluding hydrogens is 270 g/mol. The summed E-state index contributed by atoms with van der Waals surface area (Å²) in [5.74, 6) is 1.01. The standard InChI is InChI=1S/C19H17N3/c1-14-9-10-18-17(12-14)21-19(15-6-3-2-4-7-15)22(18)16-8-5-11-20-13-16/h2-13,17-18H,1H3. The van der Waals surface area contributed by atoms with Gasteiger partial charge in [0, 0.05) is 11.8 Å². The second-order valence-corrected chi connectivity index (χ2v) is 5.65. The van der Waals surface area contributed by atoms with Crippen LogP contribution in [0.1, 0.15) is 12.5 Å². The predicted octanol–water partition coefficient (Wildman–Crippen LogP) is 3.60. The summed E-state index contributed by atoms with van der Waals surface area (Å²) in [5.41, 5.74) is 3.49. The van der Waals surface area contributed by atoms with Gasteiger partial charge in [-0.1, -0.05) is 54.1 Å². The Morgan fingerprint density at radius 2 is 1.91 bits per heavy atom. The van der Waals surface area contributed by atoms with E-state index >= 15 is 0 Å². The zero-order valence-electron chi connectivity index (χ0n) is 12.4. The minimum atomic E-state index is 0.167. The third-order valence-corrected chi connectivity index (χ3v) is 4.09. The first-order valence-electron chi connectivity index (χ1n) is 7.52. The smallest absolute Gasteiger partial charge is 0.136 e. The summed E-state index contributed by atoms with van der Waals surface area (Å²) in [7, 11) is 0. The average Bonchev–Trinajstić information content (AvgIpc) is 2.95. The Balaban J connectivity index is 1.83. The van der Waals surface area contributed by atoms with Crippen molar-refractivity contribution in [3.63, 3.8) is 0 Å². The van der Waals surface area contributed by atoms with E-state index in [1.165, 1.54) is 5.57 Å².